The van der Waals surface area contributed by atoms with Crippen molar-refractivity contribution in [3.63, 3.8) is 0 Å². The van der Waals surface area contributed by atoms with Gasteiger partial charge in [0.05, 0.1) is 0 Å². The summed E-state index contributed by atoms with van der Waals surface area (Å²) in [6.07, 6.45) is 3.33. The van der Waals surface area contributed by atoms with Crippen LogP contribution in [0.25, 0.3) is 0 Å². The molecule has 0 aromatic heterocycles. The van der Waals surface area contributed by atoms with Crippen LogP contribution in [0.3, 0.4) is 0 Å². The zero-order valence-corrected chi connectivity index (χ0v) is 11.1. The first-order chi connectivity index (χ1) is 8.97. The summed E-state index contributed by atoms with van der Waals surface area (Å²) in [5.41, 5.74) is 0. The lowest BCUT2D eigenvalue weighted by Gasteiger charge is -2.14. The van der Waals surface area contributed by atoms with Gasteiger partial charge in [-0.25, -0.2) is 9.59 Å². The lowest BCUT2D eigenvalue weighted by atomic mass is 10.1. The second-order valence-corrected chi connectivity index (χ2v) is 4.28. The third kappa shape index (κ3) is 9.87. The van der Waals surface area contributed by atoms with Crippen LogP contribution in [0.4, 0.5) is 4.79 Å². The Hall–Kier alpha value is -1.79. The molecule has 0 aliphatic heterocycles. The molecule has 0 aromatic rings. The van der Waals surface area contributed by atoms with Gasteiger partial charge in [0, 0.05) is 13.0 Å². The monoisotopic (exact) mass is 274 g/mol. The van der Waals surface area contributed by atoms with E-state index >= 15 is 0 Å². The Morgan fingerprint density at radius 2 is 1.79 bits per heavy atom. The van der Waals surface area contributed by atoms with Crippen molar-refractivity contribution < 1.29 is 24.6 Å². The van der Waals surface area contributed by atoms with E-state index in [0.29, 0.717) is 12.8 Å². The Morgan fingerprint density at radius 3 is 2.32 bits per heavy atom. The number of carbonyl (C=O) groups excluding carboxylic acids is 1. The number of nitrogens with one attached hydrogen (secondary N) is 2. The van der Waals surface area contributed by atoms with E-state index in [1.165, 1.54) is 0 Å². The van der Waals surface area contributed by atoms with Crippen molar-refractivity contribution in [1.29, 1.82) is 0 Å². The molecule has 0 radical (unpaired) electrons. The molecule has 110 valence electrons. The predicted molar refractivity (Wildman–Crippen MR) is 69.0 cm³/mol. The summed E-state index contributed by atoms with van der Waals surface area (Å²) in [6, 6.07) is -1.47. The molecule has 7 nitrogen and oxygen atoms in total. The van der Waals surface area contributed by atoms with E-state index in [-0.39, 0.29) is 13.0 Å². The van der Waals surface area contributed by atoms with Crippen molar-refractivity contribution in [2.24, 2.45) is 0 Å². The zero-order chi connectivity index (χ0) is 14.7. The van der Waals surface area contributed by atoms with Gasteiger partial charge >= 0.3 is 18.0 Å². The van der Waals surface area contributed by atoms with Crippen molar-refractivity contribution in [3.05, 3.63) is 0 Å². The van der Waals surface area contributed by atoms with Gasteiger partial charge in [0.2, 0.25) is 0 Å². The van der Waals surface area contributed by atoms with E-state index in [4.69, 9.17) is 10.2 Å². The molecule has 0 aliphatic rings. The molecule has 7 heteroatoms. The van der Waals surface area contributed by atoms with Crippen LogP contribution >= 0.6 is 0 Å². The van der Waals surface area contributed by atoms with Gasteiger partial charge < -0.3 is 20.8 Å². The summed E-state index contributed by atoms with van der Waals surface area (Å²) in [5, 5.41) is 22.2. The summed E-state index contributed by atoms with van der Waals surface area (Å²) in [4.78, 5) is 32.6. The van der Waals surface area contributed by atoms with Crippen LogP contribution in [0.15, 0.2) is 0 Å². The fourth-order valence-corrected chi connectivity index (χ4v) is 1.51. The second-order valence-electron chi connectivity index (χ2n) is 4.28. The minimum atomic E-state index is -1.06. The Labute approximate surface area is 112 Å². The third-order valence-corrected chi connectivity index (χ3v) is 2.55. The zero-order valence-electron chi connectivity index (χ0n) is 11.1. The molecule has 4 N–H and O–H groups in total. The standard InChI is InChI=1S/C12H22N2O5/c1-2-3-4-6-9(11(17)18)14-12(19)13-8-5-7-10(15)16/h9H,2-8H2,1H3,(H,15,16)(H,17,18)(H2,13,14,19)/t9-/m1/s1. The maximum Gasteiger partial charge on any atom is 0.326 e. The van der Waals surface area contributed by atoms with Crippen LogP contribution in [0.2, 0.25) is 0 Å². The van der Waals surface area contributed by atoms with Crippen LogP contribution in [0.1, 0.15) is 45.4 Å². The molecule has 1 atom stereocenters. The average Bonchev–Trinajstić information content (AvgIpc) is 2.33. The van der Waals surface area contributed by atoms with Gasteiger partial charge in [-0.15, -0.1) is 0 Å². The molecule has 0 saturated heterocycles. The summed E-state index contributed by atoms with van der Waals surface area (Å²) >= 11 is 0. The second kappa shape index (κ2) is 10.2. The molecule has 19 heavy (non-hydrogen) atoms. The number of carbonyl (C=O) groups is 3. The van der Waals surface area contributed by atoms with Gasteiger partial charge in [0.25, 0.3) is 0 Å². The minimum Gasteiger partial charge on any atom is -0.481 e. The molecule has 0 bridgehead atoms. The highest BCUT2D eigenvalue weighted by atomic mass is 16.4. The Morgan fingerprint density at radius 1 is 1.11 bits per heavy atom. The lowest BCUT2D eigenvalue weighted by Crippen LogP contribution is -2.46. The first-order valence-electron chi connectivity index (χ1n) is 6.46. The van der Waals surface area contributed by atoms with Crippen LogP contribution in [0.5, 0.6) is 0 Å². The first-order valence-corrected chi connectivity index (χ1v) is 6.46. The van der Waals surface area contributed by atoms with E-state index in [1.807, 2.05) is 6.92 Å². The SMILES string of the molecule is CCCCC[C@@H](NC(=O)NCCCC(=O)O)C(=O)O. The highest BCUT2D eigenvalue weighted by molar-refractivity contribution is 5.82. The van der Waals surface area contributed by atoms with Crippen LogP contribution in [-0.4, -0.2) is 40.8 Å². The number of carboxylic acids is 2. The summed E-state index contributed by atoms with van der Waals surface area (Å²) in [7, 11) is 0. The number of rotatable bonds is 10. The maximum absolute atomic E-state index is 11.4. The number of hydrogen-bond acceptors (Lipinski definition) is 3. The quantitative estimate of drug-likeness (QED) is 0.446. The Bertz CT molecular complexity index is 306. The average molecular weight is 274 g/mol. The fraction of sp³-hybridized carbons (Fsp3) is 0.750. The molecule has 0 rings (SSSR count). The number of aliphatic carboxylic acids is 2. The molecular weight excluding hydrogens is 252 g/mol. The van der Waals surface area contributed by atoms with Crippen molar-refractivity contribution in [2.75, 3.05) is 6.54 Å². The molecule has 0 aliphatic carbocycles. The van der Waals surface area contributed by atoms with Gasteiger partial charge in [0.15, 0.2) is 0 Å². The molecule has 0 unspecified atom stereocenters. The minimum absolute atomic E-state index is 0.0286. The number of carboxylic acid groups (broad SMARTS) is 2. The van der Waals surface area contributed by atoms with Gasteiger partial charge in [0.1, 0.15) is 6.04 Å². The topological polar surface area (TPSA) is 116 Å². The van der Waals surface area contributed by atoms with Crippen LogP contribution < -0.4 is 10.6 Å². The highest BCUT2D eigenvalue weighted by Crippen LogP contribution is 2.03. The summed E-state index contributed by atoms with van der Waals surface area (Å²) < 4.78 is 0. The van der Waals surface area contributed by atoms with Crippen molar-refractivity contribution in [3.8, 4) is 0 Å². The molecular formula is C12H22N2O5. The van der Waals surface area contributed by atoms with E-state index in [2.05, 4.69) is 10.6 Å². The third-order valence-electron chi connectivity index (χ3n) is 2.55. The first kappa shape index (κ1) is 17.2. The largest absolute Gasteiger partial charge is 0.481 e. The molecule has 2 amide bonds. The summed E-state index contributed by atoms with van der Waals surface area (Å²) in [5.74, 6) is -1.98. The van der Waals surface area contributed by atoms with Crippen LogP contribution in [0, 0.1) is 0 Å². The fourth-order valence-electron chi connectivity index (χ4n) is 1.51. The smallest absolute Gasteiger partial charge is 0.326 e. The van der Waals surface area contributed by atoms with Crippen LogP contribution in [-0.2, 0) is 9.59 Å². The normalized spacial score (nSPS) is 11.6. The number of hydrogen-bond donors (Lipinski definition) is 4. The van der Waals surface area contributed by atoms with E-state index in [0.717, 1.165) is 19.3 Å². The number of amides is 2. The van der Waals surface area contributed by atoms with Crippen molar-refractivity contribution >= 4 is 18.0 Å². The van der Waals surface area contributed by atoms with Gasteiger partial charge in [-0.1, -0.05) is 26.2 Å². The molecule has 0 saturated carbocycles. The van der Waals surface area contributed by atoms with E-state index in [9.17, 15) is 14.4 Å². The van der Waals surface area contributed by atoms with Crippen molar-refractivity contribution in [2.45, 2.75) is 51.5 Å². The number of urea groups is 1. The number of unbranched alkanes of at least 4 members (excludes halogenated alkanes) is 2. The predicted octanol–water partition coefficient (Wildman–Crippen LogP) is 1.18. The maximum atomic E-state index is 11.4. The molecule has 0 fully saturated rings. The van der Waals surface area contributed by atoms with Gasteiger partial charge in [-0.05, 0) is 12.8 Å². The highest BCUT2D eigenvalue weighted by Gasteiger charge is 2.18. The molecule has 0 aromatic carbocycles. The van der Waals surface area contributed by atoms with Crippen molar-refractivity contribution in [1.82, 2.24) is 10.6 Å². The van der Waals surface area contributed by atoms with Gasteiger partial charge in [-0.3, -0.25) is 4.79 Å². The van der Waals surface area contributed by atoms with Gasteiger partial charge in [-0.2, -0.15) is 0 Å². The Kier molecular flexibility index (Phi) is 9.20. The molecule has 0 heterocycles. The summed E-state index contributed by atoms with van der Waals surface area (Å²) in [6.45, 7) is 2.22. The van der Waals surface area contributed by atoms with E-state index < -0.39 is 24.0 Å². The lowest BCUT2D eigenvalue weighted by molar-refractivity contribution is -0.139. The molecule has 0 spiro atoms. The Balaban J connectivity index is 3.89. The van der Waals surface area contributed by atoms with E-state index in [1.54, 1.807) is 0 Å².